The molecule has 0 spiro atoms. The van der Waals surface area contributed by atoms with Crippen LogP contribution in [0.1, 0.15) is 26.2 Å². The maximum atomic E-state index is 11.4. The van der Waals surface area contributed by atoms with Crippen molar-refractivity contribution in [2.24, 2.45) is 0 Å². The van der Waals surface area contributed by atoms with Gasteiger partial charge in [0.1, 0.15) is 6.10 Å². The van der Waals surface area contributed by atoms with Gasteiger partial charge in [0.25, 0.3) is 0 Å². The van der Waals surface area contributed by atoms with Gasteiger partial charge in [0.2, 0.25) is 5.91 Å². The van der Waals surface area contributed by atoms with Crippen molar-refractivity contribution in [2.45, 2.75) is 38.3 Å². The number of aliphatic hydroxyl groups is 1. The number of carbonyl (C=O) groups is 1. The summed E-state index contributed by atoms with van der Waals surface area (Å²) in [5.74, 6) is -0.0961. The second-order valence-corrected chi connectivity index (χ2v) is 3.45. The van der Waals surface area contributed by atoms with Crippen molar-refractivity contribution in [3.63, 3.8) is 0 Å². The van der Waals surface area contributed by atoms with Crippen LogP contribution < -0.4 is 5.32 Å². The van der Waals surface area contributed by atoms with Gasteiger partial charge in [0.05, 0.1) is 6.61 Å². The summed E-state index contributed by atoms with van der Waals surface area (Å²) in [4.78, 5) is 11.4. The van der Waals surface area contributed by atoms with Crippen LogP contribution in [0.2, 0.25) is 0 Å². The Hall–Kier alpha value is -0.610. The Kier molecular flexibility index (Phi) is 4.18. The summed E-state index contributed by atoms with van der Waals surface area (Å²) < 4.78 is 5.29. The van der Waals surface area contributed by atoms with Gasteiger partial charge in [-0.15, -0.1) is 0 Å². The van der Waals surface area contributed by atoms with Crippen molar-refractivity contribution >= 4 is 5.91 Å². The molecule has 0 aromatic carbocycles. The molecular formula is C9H17NO3. The first kappa shape index (κ1) is 10.5. The largest absolute Gasteiger partial charge is 0.394 e. The minimum absolute atomic E-state index is 0.0293. The average Bonchev–Trinajstić information content (AvgIpc) is 2.19. The van der Waals surface area contributed by atoms with Crippen LogP contribution in [0.3, 0.4) is 0 Å². The fourth-order valence-electron chi connectivity index (χ4n) is 1.33. The third kappa shape index (κ3) is 3.32. The molecule has 0 aromatic rings. The number of nitrogens with one attached hydrogen (secondary N) is 1. The normalized spacial score (nSPS) is 25.2. The number of rotatable bonds is 3. The van der Waals surface area contributed by atoms with Crippen molar-refractivity contribution in [1.29, 1.82) is 0 Å². The lowest BCUT2D eigenvalue weighted by atomic mass is 10.1. The minimum atomic E-state index is -0.303. The van der Waals surface area contributed by atoms with Gasteiger partial charge in [-0.25, -0.2) is 0 Å². The highest BCUT2D eigenvalue weighted by atomic mass is 16.5. The number of hydrogen-bond acceptors (Lipinski definition) is 3. The molecule has 0 aromatic heterocycles. The van der Waals surface area contributed by atoms with Crippen LogP contribution in [0.15, 0.2) is 0 Å². The van der Waals surface area contributed by atoms with E-state index in [1.807, 2.05) is 0 Å². The predicted octanol–water partition coefficient (Wildman–Crippen LogP) is 0.0525. The molecule has 2 N–H and O–H groups in total. The Morgan fingerprint density at radius 3 is 3.00 bits per heavy atom. The Morgan fingerprint density at radius 2 is 2.46 bits per heavy atom. The molecule has 1 unspecified atom stereocenters. The van der Waals surface area contributed by atoms with Gasteiger partial charge in [0, 0.05) is 12.6 Å². The van der Waals surface area contributed by atoms with Gasteiger partial charge in [0.15, 0.2) is 0 Å². The van der Waals surface area contributed by atoms with Crippen molar-refractivity contribution in [2.75, 3.05) is 13.2 Å². The zero-order chi connectivity index (χ0) is 9.68. The Balaban J connectivity index is 2.29. The van der Waals surface area contributed by atoms with Gasteiger partial charge in [-0.1, -0.05) is 0 Å². The third-order valence-electron chi connectivity index (χ3n) is 2.13. The topological polar surface area (TPSA) is 58.6 Å². The van der Waals surface area contributed by atoms with E-state index in [2.05, 4.69) is 5.32 Å². The number of carbonyl (C=O) groups excluding carboxylic acids is 1. The molecule has 1 fully saturated rings. The fraction of sp³-hybridized carbons (Fsp3) is 0.889. The van der Waals surface area contributed by atoms with Crippen LogP contribution in [-0.2, 0) is 9.53 Å². The lowest BCUT2D eigenvalue weighted by molar-refractivity contribution is -0.136. The molecule has 0 aliphatic carbocycles. The molecule has 1 aliphatic heterocycles. The number of amides is 1. The van der Waals surface area contributed by atoms with E-state index in [0.29, 0.717) is 6.61 Å². The number of ether oxygens (including phenoxy) is 1. The van der Waals surface area contributed by atoms with Crippen LogP contribution in [0.5, 0.6) is 0 Å². The van der Waals surface area contributed by atoms with Crippen molar-refractivity contribution in [1.82, 2.24) is 5.32 Å². The monoisotopic (exact) mass is 187 g/mol. The summed E-state index contributed by atoms with van der Waals surface area (Å²) in [6.07, 6.45) is 2.58. The van der Waals surface area contributed by atoms with Crippen molar-refractivity contribution < 1.29 is 14.6 Å². The molecule has 2 atom stereocenters. The van der Waals surface area contributed by atoms with Crippen molar-refractivity contribution in [3.05, 3.63) is 0 Å². The molecule has 4 nitrogen and oxygen atoms in total. The van der Waals surface area contributed by atoms with Gasteiger partial charge < -0.3 is 15.2 Å². The summed E-state index contributed by atoms with van der Waals surface area (Å²) in [5.41, 5.74) is 0. The first-order chi connectivity index (χ1) is 6.24. The molecule has 0 bridgehead atoms. The average molecular weight is 187 g/mol. The van der Waals surface area contributed by atoms with E-state index >= 15 is 0 Å². The molecule has 1 amide bonds. The molecule has 76 valence electrons. The van der Waals surface area contributed by atoms with Crippen LogP contribution in [-0.4, -0.2) is 36.4 Å². The van der Waals surface area contributed by atoms with Gasteiger partial charge in [-0.3, -0.25) is 4.79 Å². The zero-order valence-electron chi connectivity index (χ0n) is 7.95. The van der Waals surface area contributed by atoms with E-state index in [9.17, 15) is 4.79 Å². The van der Waals surface area contributed by atoms with Gasteiger partial charge in [-0.05, 0) is 26.2 Å². The highest BCUT2D eigenvalue weighted by Crippen LogP contribution is 2.12. The maximum Gasteiger partial charge on any atom is 0.249 e. The second kappa shape index (κ2) is 5.19. The van der Waals surface area contributed by atoms with Crippen LogP contribution in [0.25, 0.3) is 0 Å². The fourth-order valence-corrected chi connectivity index (χ4v) is 1.33. The highest BCUT2D eigenvalue weighted by Gasteiger charge is 2.22. The van der Waals surface area contributed by atoms with E-state index < -0.39 is 0 Å². The molecule has 1 rings (SSSR count). The first-order valence-corrected chi connectivity index (χ1v) is 4.77. The third-order valence-corrected chi connectivity index (χ3v) is 2.13. The highest BCUT2D eigenvalue weighted by molar-refractivity contribution is 5.81. The van der Waals surface area contributed by atoms with Crippen LogP contribution >= 0.6 is 0 Å². The minimum Gasteiger partial charge on any atom is -0.394 e. The summed E-state index contributed by atoms with van der Waals surface area (Å²) in [6, 6.07) is -0.182. The molecule has 1 heterocycles. The Labute approximate surface area is 78.3 Å². The molecule has 0 radical (unpaired) electrons. The second-order valence-electron chi connectivity index (χ2n) is 3.45. The summed E-state index contributed by atoms with van der Waals surface area (Å²) in [5, 5.41) is 11.4. The quantitative estimate of drug-likeness (QED) is 0.656. The maximum absolute atomic E-state index is 11.4. The smallest absolute Gasteiger partial charge is 0.249 e. The SMILES string of the molecule is C[C@H](CO)NC(=O)C1CCCCO1. The van der Waals surface area contributed by atoms with Gasteiger partial charge in [-0.2, -0.15) is 0 Å². The van der Waals surface area contributed by atoms with E-state index in [0.717, 1.165) is 19.3 Å². The zero-order valence-corrected chi connectivity index (χ0v) is 7.95. The lowest BCUT2D eigenvalue weighted by Crippen LogP contribution is -2.43. The first-order valence-electron chi connectivity index (χ1n) is 4.77. The Bertz CT molecular complexity index is 166. The summed E-state index contributed by atoms with van der Waals surface area (Å²) >= 11 is 0. The standard InChI is InChI=1S/C9H17NO3/c1-7(6-11)10-9(12)8-4-2-3-5-13-8/h7-8,11H,2-6H2,1H3,(H,10,12)/t7-,8?/m1/s1. The van der Waals surface area contributed by atoms with Crippen LogP contribution in [0.4, 0.5) is 0 Å². The van der Waals surface area contributed by atoms with Crippen molar-refractivity contribution in [3.8, 4) is 0 Å². The molecule has 4 heteroatoms. The molecule has 0 saturated carbocycles. The molecular weight excluding hydrogens is 170 g/mol. The summed E-state index contributed by atoms with van der Waals surface area (Å²) in [7, 11) is 0. The van der Waals surface area contributed by atoms with E-state index in [4.69, 9.17) is 9.84 Å². The van der Waals surface area contributed by atoms with Gasteiger partial charge >= 0.3 is 0 Å². The van der Waals surface area contributed by atoms with E-state index in [-0.39, 0.29) is 24.7 Å². The Morgan fingerprint density at radius 1 is 1.69 bits per heavy atom. The van der Waals surface area contributed by atoms with E-state index in [1.165, 1.54) is 0 Å². The number of hydrogen-bond donors (Lipinski definition) is 2. The summed E-state index contributed by atoms with van der Waals surface area (Å²) in [6.45, 7) is 2.41. The number of aliphatic hydroxyl groups excluding tert-OH is 1. The molecule has 1 aliphatic rings. The molecule has 13 heavy (non-hydrogen) atoms. The van der Waals surface area contributed by atoms with Crippen LogP contribution in [0, 0.1) is 0 Å². The predicted molar refractivity (Wildman–Crippen MR) is 48.3 cm³/mol. The molecule has 1 saturated heterocycles. The lowest BCUT2D eigenvalue weighted by Gasteiger charge is -2.23. The van der Waals surface area contributed by atoms with E-state index in [1.54, 1.807) is 6.92 Å².